The van der Waals surface area contributed by atoms with E-state index in [1.165, 1.54) is 21.7 Å². The maximum absolute atomic E-state index is 12.7. The quantitative estimate of drug-likeness (QED) is 0.506. The Hall–Kier alpha value is -2.55. The first kappa shape index (κ1) is 21.9. The van der Waals surface area contributed by atoms with Crippen LogP contribution >= 0.6 is 23.3 Å². The molecular formula is C26H28N4O2S2. The monoisotopic (exact) mass is 492 g/mol. The Balaban J connectivity index is 1.26. The Morgan fingerprint density at radius 3 is 2.91 bits per heavy atom. The molecule has 0 bridgehead atoms. The van der Waals surface area contributed by atoms with E-state index in [9.17, 15) is 4.79 Å². The molecule has 2 aliphatic heterocycles. The molecular weight excluding hydrogens is 464 g/mol. The maximum atomic E-state index is 12.7. The lowest BCUT2D eigenvalue weighted by atomic mass is 10.1. The highest BCUT2D eigenvalue weighted by Crippen LogP contribution is 2.44. The number of pyridine rings is 1. The van der Waals surface area contributed by atoms with Gasteiger partial charge in [0.25, 0.3) is 5.91 Å². The molecule has 6 nitrogen and oxygen atoms in total. The van der Waals surface area contributed by atoms with Crippen LogP contribution in [-0.4, -0.2) is 49.8 Å². The van der Waals surface area contributed by atoms with Gasteiger partial charge in [-0.3, -0.25) is 4.79 Å². The minimum Gasteiger partial charge on any atom is -0.380 e. The highest BCUT2D eigenvalue weighted by atomic mass is 32.2. The smallest absolute Gasteiger partial charge is 0.261 e. The van der Waals surface area contributed by atoms with E-state index < -0.39 is 0 Å². The topological polar surface area (TPSA) is 57.7 Å². The second kappa shape index (κ2) is 9.60. The minimum absolute atomic E-state index is 0.0733. The maximum Gasteiger partial charge on any atom is 0.261 e. The SMILES string of the molecule is O=C(NC1CC1)c1cc2c(s1)-c1ccccc1N(Sc1cccc(N3CCCOCC3)n1)CC2. The summed E-state index contributed by atoms with van der Waals surface area (Å²) in [7, 11) is 0. The fourth-order valence-electron chi connectivity index (χ4n) is 4.48. The van der Waals surface area contributed by atoms with Gasteiger partial charge in [0.1, 0.15) is 10.8 Å². The number of hydrogen-bond acceptors (Lipinski definition) is 7. The predicted molar refractivity (Wildman–Crippen MR) is 139 cm³/mol. The van der Waals surface area contributed by atoms with Crippen molar-refractivity contribution in [3.63, 3.8) is 0 Å². The van der Waals surface area contributed by atoms with Gasteiger partial charge in [-0.1, -0.05) is 24.3 Å². The molecule has 34 heavy (non-hydrogen) atoms. The van der Waals surface area contributed by atoms with Gasteiger partial charge >= 0.3 is 0 Å². The standard InChI is InChI=1S/C26H28N4O2S2/c31-26(27-19-9-10-19)22-17-18-11-13-30(21-6-2-1-5-20(21)25(18)33-22)34-24-8-3-7-23(28-24)29-12-4-15-32-16-14-29/h1-3,5-8,17,19H,4,9-16H2,(H,27,31). The van der Waals surface area contributed by atoms with Crippen molar-refractivity contribution in [1.82, 2.24) is 10.3 Å². The number of aromatic nitrogens is 1. The molecule has 0 unspecified atom stereocenters. The average Bonchev–Trinajstić information content (AvgIpc) is 3.65. The predicted octanol–water partition coefficient (Wildman–Crippen LogP) is 5.00. The van der Waals surface area contributed by atoms with E-state index in [1.807, 2.05) is 0 Å². The highest BCUT2D eigenvalue weighted by Gasteiger charge is 2.28. The number of carbonyl (C=O) groups excluding carboxylic acids is 1. The zero-order chi connectivity index (χ0) is 22.9. The van der Waals surface area contributed by atoms with Gasteiger partial charge in [-0.15, -0.1) is 11.3 Å². The van der Waals surface area contributed by atoms with Gasteiger partial charge in [-0.2, -0.15) is 0 Å². The van der Waals surface area contributed by atoms with Crippen molar-refractivity contribution in [3.8, 4) is 10.4 Å². The van der Waals surface area contributed by atoms with Crippen molar-refractivity contribution in [1.29, 1.82) is 0 Å². The fraction of sp³-hybridized carbons (Fsp3) is 0.385. The highest BCUT2D eigenvalue weighted by molar-refractivity contribution is 8.00. The summed E-state index contributed by atoms with van der Waals surface area (Å²) in [6.07, 6.45) is 4.13. The Bertz CT molecular complexity index is 1190. The number of benzene rings is 1. The van der Waals surface area contributed by atoms with Crippen molar-refractivity contribution in [2.24, 2.45) is 0 Å². The molecule has 2 fully saturated rings. The van der Waals surface area contributed by atoms with E-state index in [0.717, 1.165) is 74.3 Å². The van der Waals surface area contributed by atoms with Crippen LogP contribution in [0.2, 0.25) is 0 Å². The number of hydrogen-bond donors (Lipinski definition) is 1. The van der Waals surface area contributed by atoms with Crippen molar-refractivity contribution >= 4 is 40.7 Å². The summed E-state index contributed by atoms with van der Waals surface area (Å²) in [5, 5.41) is 4.13. The molecule has 1 aliphatic carbocycles. The van der Waals surface area contributed by atoms with Gasteiger partial charge in [0.2, 0.25) is 0 Å². The number of ether oxygens (including phenoxy) is 1. The normalized spacial score (nSPS) is 18.0. The summed E-state index contributed by atoms with van der Waals surface area (Å²) in [6, 6.07) is 17.3. The van der Waals surface area contributed by atoms with Crippen LogP contribution in [0.1, 0.15) is 34.5 Å². The van der Waals surface area contributed by atoms with E-state index in [2.05, 4.69) is 63.1 Å². The molecule has 8 heteroatoms. The van der Waals surface area contributed by atoms with Crippen molar-refractivity contribution in [2.45, 2.75) is 36.8 Å². The molecule has 1 aromatic carbocycles. The van der Waals surface area contributed by atoms with Gasteiger partial charge in [-0.25, -0.2) is 4.98 Å². The second-order valence-electron chi connectivity index (χ2n) is 8.96. The van der Waals surface area contributed by atoms with Gasteiger partial charge < -0.3 is 19.3 Å². The van der Waals surface area contributed by atoms with E-state index in [4.69, 9.17) is 9.72 Å². The largest absolute Gasteiger partial charge is 0.380 e. The van der Waals surface area contributed by atoms with Crippen LogP contribution in [0.25, 0.3) is 10.4 Å². The number of thiophene rings is 1. The number of nitrogens with one attached hydrogen (secondary N) is 1. The average molecular weight is 493 g/mol. The lowest BCUT2D eigenvalue weighted by Gasteiger charge is -2.24. The van der Waals surface area contributed by atoms with Gasteiger partial charge in [0.15, 0.2) is 0 Å². The molecule has 0 atom stereocenters. The first-order chi connectivity index (χ1) is 16.7. The fourth-order valence-corrected chi connectivity index (χ4v) is 6.56. The summed E-state index contributed by atoms with van der Waals surface area (Å²) >= 11 is 3.31. The Morgan fingerprint density at radius 1 is 1.09 bits per heavy atom. The number of fused-ring (bicyclic) bond motifs is 3. The zero-order valence-electron chi connectivity index (χ0n) is 19.0. The third-order valence-electron chi connectivity index (χ3n) is 6.41. The molecule has 0 spiro atoms. The molecule has 1 N–H and O–H groups in total. The van der Waals surface area contributed by atoms with Gasteiger partial charge in [0.05, 0.1) is 17.2 Å². The van der Waals surface area contributed by atoms with Crippen LogP contribution in [0.5, 0.6) is 0 Å². The number of nitrogens with zero attached hydrogens (tertiary/aromatic N) is 3. The van der Waals surface area contributed by atoms with Crippen LogP contribution in [-0.2, 0) is 11.2 Å². The molecule has 3 aliphatic rings. The number of anilines is 2. The molecule has 0 radical (unpaired) electrons. The first-order valence-electron chi connectivity index (χ1n) is 12.0. The number of para-hydroxylation sites is 1. The van der Waals surface area contributed by atoms with Crippen molar-refractivity contribution < 1.29 is 9.53 Å². The van der Waals surface area contributed by atoms with E-state index >= 15 is 0 Å². The third kappa shape index (κ3) is 4.67. The van der Waals surface area contributed by atoms with Crippen LogP contribution in [0.4, 0.5) is 11.5 Å². The number of amides is 1. The molecule has 176 valence electrons. The molecule has 1 saturated carbocycles. The Kier molecular flexibility index (Phi) is 6.20. The zero-order valence-corrected chi connectivity index (χ0v) is 20.7. The summed E-state index contributed by atoms with van der Waals surface area (Å²) in [5.41, 5.74) is 3.63. The van der Waals surface area contributed by atoms with Crippen LogP contribution in [0, 0.1) is 0 Å². The third-order valence-corrected chi connectivity index (χ3v) is 8.63. The van der Waals surface area contributed by atoms with Crippen LogP contribution in [0.15, 0.2) is 53.6 Å². The first-order valence-corrected chi connectivity index (χ1v) is 13.6. The summed E-state index contributed by atoms with van der Waals surface area (Å²) in [5.74, 6) is 1.09. The lowest BCUT2D eigenvalue weighted by molar-refractivity contribution is 0.0955. The molecule has 1 saturated heterocycles. The van der Waals surface area contributed by atoms with E-state index in [1.54, 1.807) is 23.3 Å². The molecule has 2 aromatic heterocycles. The molecule has 3 aromatic rings. The molecule has 1 amide bonds. The minimum atomic E-state index is 0.0733. The van der Waals surface area contributed by atoms with E-state index in [0.29, 0.717) is 6.04 Å². The van der Waals surface area contributed by atoms with Crippen LogP contribution < -0.4 is 14.5 Å². The number of rotatable bonds is 5. The van der Waals surface area contributed by atoms with Crippen LogP contribution in [0.3, 0.4) is 0 Å². The van der Waals surface area contributed by atoms with Crippen molar-refractivity contribution in [3.05, 3.63) is 59.0 Å². The summed E-state index contributed by atoms with van der Waals surface area (Å²) in [6.45, 7) is 4.29. The second-order valence-corrected chi connectivity index (χ2v) is 11.1. The van der Waals surface area contributed by atoms with E-state index in [-0.39, 0.29) is 5.91 Å². The summed E-state index contributed by atoms with van der Waals surface area (Å²) < 4.78 is 7.96. The lowest BCUT2D eigenvalue weighted by Crippen LogP contribution is -2.27. The molecule has 6 rings (SSSR count). The van der Waals surface area contributed by atoms with Crippen molar-refractivity contribution in [2.75, 3.05) is 42.1 Å². The summed E-state index contributed by atoms with van der Waals surface area (Å²) in [4.78, 5) is 22.0. The number of carbonyl (C=O) groups is 1. The Morgan fingerprint density at radius 2 is 2.00 bits per heavy atom. The van der Waals surface area contributed by atoms with Gasteiger partial charge in [0, 0.05) is 54.7 Å². The molecule has 4 heterocycles. The van der Waals surface area contributed by atoms with Gasteiger partial charge in [-0.05, 0) is 55.5 Å². The Labute approximate surface area is 208 Å².